The van der Waals surface area contributed by atoms with E-state index in [1.807, 2.05) is 4.57 Å². The lowest BCUT2D eigenvalue weighted by atomic mass is 10.1. The van der Waals surface area contributed by atoms with Crippen molar-refractivity contribution < 1.29 is 18.1 Å². The molecule has 7 heteroatoms. The van der Waals surface area contributed by atoms with Crippen molar-refractivity contribution in [3.05, 3.63) is 18.2 Å². The van der Waals surface area contributed by atoms with Crippen LogP contribution in [-0.2, 0) is 16.8 Å². The Morgan fingerprint density at radius 2 is 1.64 bits per heavy atom. The van der Waals surface area contributed by atoms with E-state index in [1.165, 1.54) is 71.8 Å². The Morgan fingerprint density at radius 1 is 1.11 bits per heavy atom. The Bertz CT molecular complexity index is 705. The summed E-state index contributed by atoms with van der Waals surface area (Å²) in [5, 5.41) is 10.2. The first kappa shape index (κ1) is 24.7. The molecule has 0 bridgehead atoms. The monoisotopic (exact) mass is 412 g/mol. The minimum Gasteiger partial charge on any atom is -0.383 e. The van der Waals surface area contributed by atoms with Gasteiger partial charge in [-0.2, -0.15) is 12.7 Å². The summed E-state index contributed by atoms with van der Waals surface area (Å²) in [6.07, 6.45) is 20.1. The molecule has 0 saturated carbocycles. The highest BCUT2D eigenvalue weighted by Gasteiger charge is 2.31. The van der Waals surface area contributed by atoms with Crippen molar-refractivity contribution in [3.63, 3.8) is 0 Å². The number of aliphatic hydroxyl groups excluding tert-OH is 1. The van der Waals surface area contributed by atoms with E-state index in [0.29, 0.717) is 5.69 Å². The van der Waals surface area contributed by atoms with Gasteiger partial charge in [0.05, 0.1) is 6.54 Å². The standard InChI is InChI=1S/C21H38N3O3S/c1-5-7-8-9-10-11-12-13-14-15-17-23-18-20(21(25)16-6-2)24(19-23)28(26,27)22(3)4/h2,18-19,21,25H,5,7-17H2,1,3-4H3/q+1. The fraction of sp³-hybridized carbons (Fsp3) is 0.762. The van der Waals surface area contributed by atoms with Crippen LogP contribution in [0.3, 0.4) is 0 Å². The molecule has 0 amide bonds. The number of hydrogen-bond donors (Lipinski definition) is 1. The zero-order valence-electron chi connectivity index (χ0n) is 17.8. The van der Waals surface area contributed by atoms with Gasteiger partial charge in [-0.3, -0.25) is 0 Å². The van der Waals surface area contributed by atoms with E-state index >= 15 is 0 Å². The van der Waals surface area contributed by atoms with Crippen molar-refractivity contribution in [1.29, 1.82) is 0 Å². The molecule has 1 rings (SSSR count). The third-order valence-electron chi connectivity index (χ3n) is 4.94. The highest BCUT2D eigenvalue weighted by atomic mass is 32.2. The summed E-state index contributed by atoms with van der Waals surface area (Å²) in [7, 11) is -0.759. The van der Waals surface area contributed by atoms with Crippen molar-refractivity contribution in [3.8, 4) is 12.3 Å². The number of hydrogen-bond acceptors (Lipinski definition) is 3. The highest BCUT2D eigenvalue weighted by Crippen LogP contribution is 2.18. The van der Waals surface area contributed by atoms with E-state index in [2.05, 4.69) is 12.8 Å². The first-order valence-corrected chi connectivity index (χ1v) is 11.9. The summed E-state index contributed by atoms with van der Waals surface area (Å²) in [4.78, 5) is 0. The molecule has 1 unspecified atom stereocenters. The van der Waals surface area contributed by atoms with Crippen LogP contribution < -0.4 is 4.57 Å². The second kappa shape index (κ2) is 13.0. The molecule has 0 aromatic carbocycles. The molecular formula is C21H38N3O3S+. The van der Waals surface area contributed by atoms with Crippen molar-refractivity contribution in [2.24, 2.45) is 0 Å². The van der Waals surface area contributed by atoms with Gasteiger partial charge in [-0.25, -0.2) is 4.57 Å². The summed E-state index contributed by atoms with van der Waals surface area (Å²) in [6, 6.07) is 0. The molecule has 1 aromatic heterocycles. The third-order valence-corrected chi connectivity index (χ3v) is 6.66. The van der Waals surface area contributed by atoms with Gasteiger partial charge in [0.25, 0.3) is 6.33 Å². The largest absolute Gasteiger partial charge is 0.383 e. The third kappa shape index (κ3) is 7.94. The topological polar surface area (TPSA) is 66.4 Å². The lowest BCUT2D eigenvalue weighted by Crippen LogP contribution is -2.34. The normalized spacial score (nSPS) is 13.0. The highest BCUT2D eigenvalue weighted by molar-refractivity contribution is 7.87. The molecule has 0 fully saturated rings. The van der Waals surface area contributed by atoms with Gasteiger partial charge in [0.1, 0.15) is 12.3 Å². The predicted octanol–water partition coefficient (Wildman–Crippen LogP) is 3.41. The molecule has 1 heterocycles. The van der Waals surface area contributed by atoms with E-state index in [1.54, 1.807) is 6.20 Å². The first-order valence-electron chi connectivity index (χ1n) is 10.5. The van der Waals surface area contributed by atoms with Crippen molar-refractivity contribution in [1.82, 2.24) is 8.28 Å². The van der Waals surface area contributed by atoms with Crippen LogP contribution in [0.5, 0.6) is 0 Å². The molecule has 0 aliphatic carbocycles. The van der Waals surface area contributed by atoms with Crippen LogP contribution in [0.4, 0.5) is 0 Å². The Balaban J connectivity index is 2.53. The predicted molar refractivity (Wildman–Crippen MR) is 113 cm³/mol. The quantitative estimate of drug-likeness (QED) is 0.273. The summed E-state index contributed by atoms with van der Waals surface area (Å²) in [5.41, 5.74) is 0.304. The van der Waals surface area contributed by atoms with E-state index in [9.17, 15) is 13.5 Å². The van der Waals surface area contributed by atoms with Crippen molar-refractivity contribution in [2.75, 3.05) is 14.1 Å². The second-order valence-electron chi connectivity index (χ2n) is 7.60. The van der Waals surface area contributed by atoms with Crippen molar-refractivity contribution in [2.45, 2.75) is 90.2 Å². The minimum atomic E-state index is -3.70. The van der Waals surface area contributed by atoms with Gasteiger partial charge < -0.3 is 5.11 Å². The van der Waals surface area contributed by atoms with Crippen LogP contribution in [-0.4, -0.2) is 35.9 Å². The number of rotatable bonds is 15. The van der Waals surface area contributed by atoms with Crippen LogP contribution in [0.2, 0.25) is 0 Å². The first-order chi connectivity index (χ1) is 13.3. The summed E-state index contributed by atoms with van der Waals surface area (Å²) in [5.74, 6) is 2.39. The van der Waals surface area contributed by atoms with E-state index in [-0.39, 0.29) is 6.42 Å². The summed E-state index contributed by atoms with van der Waals surface area (Å²) in [6.45, 7) is 2.96. The van der Waals surface area contributed by atoms with Crippen LogP contribution >= 0.6 is 0 Å². The van der Waals surface area contributed by atoms with Crippen LogP contribution in [0.15, 0.2) is 12.5 Å². The number of nitrogens with zero attached hydrogens (tertiary/aromatic N) is 3. The van der Waals surface area contributed by atoms with Gasteiger partial charge in [-0.1, -0.05) is 58.3 Å². The van der Waals surface area contributed by atoms with E-state index in [4.69, 9.17) is 6.42 Å². The summed E-state index contributed by atoms with van der Waals surface area (Å²) < 4.78 is 29.2. The SMILES string of the molecule is C#CCC(O)c1c[n+](CCCCCCCCCCCC)cn1S(=O)(=O)N(C)C. The Morgan fingerprint density at radius 3 is 2.14 bits per heavy atom. The molecule has 0 saturated heterocycles. The lowest BCUT2D eigenvalue weighted by Gasteiger charge is -2.10. The maximum Gasteiger partial charge on any atom is 0.379 e. The average Bonchev–Trinajstić information content (AvgIpc) is 3.08. The van der Waals surface area contributed by atoms with E-state index in [0.717, 1.165) is 27.7 Å². The Kier molecular flexibility index (Phi) is 11.4. The minimum absolute atomic E-state index is 0.0746. The number of aliphatic hydroxyl groups is 1. The summed E-state index contributed by atoms with van der Waals surface area (Å²) >= 11 is 0. The maximum absolute atomic E-state index is 12.5. The van der Waals surface area contributed by atoms with Gasteiger partial charge in [0.2, 0.25) is 0 Å². The maximum atomic E-state index is 12.5. The molecule has 1 N–H and O–H groups in total. The molecular weight excluding hydrogens is 374 g/mol. The molecule has 28 heavy (non-hydrogen) atoms. The number of unbranched alkanes of at least 4 members (excludes halogenated alkanes) is 9. The number of terminal acetylenes is 1. The fourth-order valence-electron chi connectivity index (χ4n) is 3.18. The molecule has 1 atom stereocenters. The molecule has 1 aromatic rings. The van der Waals surface area contributed by atoms with Crippen LogP contribution in [0, 0.1) is 12.3 Å². The van der Waals surface area contributed by atoms with Gasteiger partial charge >= 0.3 is 10.2 Å². The molecule has 0 radical (unpaired) electrons. The molecule has 6 nitrogen and oxygen atoms in total. The smallest absolute Gasteiger partial charge is 0.379 e. The van der Waals surface area contributed by atoms with Gasteiger partial charge in [-0.05, 0) is 12.8 Å². The fourth-order valence-corrected chi connectivity index (χ4v) is 4.21. The molecule has 160 valence electrons. The van der Waals surface area contributed by atoms with E-state index < -0.39 is 16.3 Å². The lowest BCUT2D eigenvalue weighted by molar-refractivity contribution is -0.696. The van der Waals surface area contributed by atoms with Crippen LogP contribution in [0.25, 0.3) is 0 Å². The van der Waals surface area contributed by atoms with Gasteiger partial charge in [0, 0.05) is 20.5 Å². The second-order valence-corrected chi connectivity index (χ2v) is 9.62. The number of imidazole rings is 1. The Labute approximate surface area is 171 Å². The number of aryl methyl sites for hydroxylation is 1. The zero-order chi connectivity index (χ0) is 21.0. The molecule has 0 aliphatic rings. The number of aromatic nitrogens is 2. The van der Waals surface area contributed by atoms with Gasteiger partial charge in [-0.15, -0.1) is 16.3 Å². The van der Waals surface area contributed by atoms with Crippen LogP contribution in [0.1, 0.15) is 89.4 Å². The molecule has 0 spiro atoms. The zero-order valence-corrected chi connectivity index (χ0v) is 18.6. The molecule has 0 aliphatic heterocycles. The average molecular weight is 413 g/mol. The van der Waals surface area contributed by atoms with Gasteiger partial charge in [0.15, 0.2) is 5.69 Å². The Hall–Kier alpha value is -1.36. The van der Waals surface area contributed by atoms with Crippen molar-refractivity contribution >= 4 is 10.2 Å².